The molecule has 10 heteroatoms. The van der Waals surface area contributed by atoms with E-state index in [9.17, 15) is 27.2 Å². The maximum absolute atomic E-state index is 14.5. The number of rotatable bonds is 8. The Morgan fingerprint density at radius 3 is 1.21 bits per heavy atom. The second kappa shape index (κ2) is 14.0. The van der Waals surface area contributed by atoms with Gasteiger partial charge < -0.3 is 20.4 Å². The molecule has 0 spiro atoms. The quantitative estimate of drug-likeness (QED) is 0.375. The molecule has 2 amide bonds. The summed E-state index contributed by atoms with van der Waals surface area (Å²) in [4.78, 5) is 25.8. The predicted octanol–water partition coefficient (Wildman–Crippen LogP) is 6.50. The van der Waals surface area contributed by atoms with Gasteiger partial charge in [-0.25, -0.2) is 17.6 Å². The van der Waals surface area contributed by atoms with Crippen LogP contribution in [0.25, 0.3) is 0 Å². The Labute approximate surface area is 223 Å². The summed E-state index contributed by atoms with van der Waals surface area (Å²) in [5.74, 6) is -3.00. The van der Waals surface area contributed by atoms with Crippen LogP contribution in [0, 0.1) is 37.1 Å². The van der Waals surface area contributed by atoms with Gasteiger partial charge in [-0.15, -0.1) is 0 Å². The van der Waals surface area contributed by atoms with Gasteiger partial charge in [0.25, 0.3) is 0 Å². The molecule has 0 heterocycles. The summed E-state index contributed by atoms with van der Waals surface area (Å²) in [7, 11) is 6.35. The molecule has 6 nitrogen and oxygen atoms in total. The zero-order valence-electron chi connectivity index (χ0n) is 24.1. The van der Waals surface area contributed by atoms with E-state index in [1.165, 1.54) is 23.6 Å². The zero-order chi connectivity index (χ0) is 29.5. The summed E-state index contributed by atoms with van der Waals surface area (Å²) >= 11 is 0. The highest BCUT2D eigenvalue weighted by atomic mass is 19.1. The van der Waals surface area contributed by atoms with Crippen LogP contribution < -0.4 is 20.4 Å². The van der Waals surface area contributed by atoms with Crippen molar-refractivity contribution in [1.29, 1.82) is 0 Å². The Morgan fingerprint density at radius 2 is 0.921 bits per heavy atom. The second-order valence-corrected chi connectivity index (χ2v) is 9.21. The van der Waals surface area contributed by atoms with Crippen LogP contribution in [0.4, 0.5) is 40.3 Å². The van der Waals surface area contributed by atoms with Crippen LogP contribution >= 0.6 is 0 Å². The zero-order valence-corrected chi connectivity index (χ0v) is 24.1. The van der Waals surface area contributed by atoms with Crippen molar-refractivity contribution in [3.8, 4) is 0 Å². The minimum absolute atomic E-state index is 0.0480. The van der Waals surface area contributed by atoms with Gasteiger partial charge in [0.2, 0.25) is 11.8 Å². The summed E-state index contributed by atoms with van der Waals surface area (Å²) in [6.07, 6.45) is 1.31. The normalized spacial score (nSPS) is 10.5. The third-order valence-corrected chi connectivity index (χ3v) is 6.15. The van der Waals surface area contributed by atoms with Gasteiger partial charge >= 0.3 is 0 Å². The van der Waals surface area contributed by atoms with Crippen molar-refractivity contribution in [2.75, 3.05) is 48.6 Å². The average Bonchev–Trinajstić information content (AvgIpc) is 2.85. The molecule has 212 valence electrons. The molecule has 0 aliphatic carbocycles. The highest BCUT2D eigenvalue weighted by Crippen LogP contribution is 2.36. The molecule has 0 aliphatic rings. The molecule has 0 aliphatic heterocycles. The van der Waals surface area contributed by atoms with E-state index in [1.807, 2.05) is 0 Å². The average molecular weight is 541 g/mol. The maximum Gasteiger partial charge on any atom is 0.224 e. The topological polar surface area (TPSA) is 64.7 Å². The highest BCUT2D eigenvalue weighted by molar-refractivity contribution is 5.93. The number of carbonyl (C=O) groups is 2. The molecule has 2 aromatic rings. The molecule has 0 atom stereocenters. The Bertz CT molecular complexity index is 1120. The summed E-state index contributed by atoms with van der Waals surface area (Å²) in [5, 5.41) is 5.18. The van der Waals surface area contributed by atoms with Crippen molar-refractivity contribution in [2.45, 2.75) is 67.2 Å². The number of halogens is 4. The van der Waals surface area contributed by atoms with Gasteiger partial charge in [-0.05, 0) is 26.7 Å². The summed E-state index contributed by atoms with van der Waals surface area (Å²) in [6.45, 7) is 10.0. The van der Waals surface area contributed by atoms with Crippen molar-refractivity contribution in [3.63, 3.8) is 0 Å². The van der Waals surface area contributed by atoms with Gasteiger partial charge in [0.15, 0.2) is 23.3 Å². The molecule has 0 aromatic heterocycles. The fourth-order valence-corrected chi connectivity index (χ4v) is 3.98. The SMILES string of the molecule is CCC(=O)Nc1c(C)c(F)c(N(C)C)c(F)c1C.CCC(=O)Nc1c(CC)c(F)c(N(C)C)c(F)c1CC. The van der Waals surface area contributed by atoms with Crippen LogP contribution in [0.15, 0.2) is 0 Å². The van der Waals surface area contributed by atoms with Crippen molar-refractivity contribution in [2.24, 2.45) is 0 Å². The Hall–Kier alpha value is -3.30. The standard InChI is InChI=1S/C15H22F2N2O.C13H18F2N2O/c1-6-9-12(16)15(19(4)5)13(17)10(7-2)14(9)18-11(20)8-3;1-6-9(18)16-12-7(2)10(14)13(17(4)5)11(15)8(12)3/h6-8H2,1-5H3,(H,18,20);6H2,1-5H3,(H,16,18). The van der Waals surface area contributed by atoms with Crippen LogP contribution in [0.3, 0.4) is 0 Å². The summed E-state index contributed by atoms with van der Waals surface area (Å²) < 4.78 is 57.1. The molecular formula is C28H40F4N4O2. The molecule has 0 radical (unpaired) electrons. The molecular weight excluding hydrogens is 500 g/mol. The second-order valence-electron chi connectivity index (χ2n) is 9.21. The largest absolute Gasteiger partial charge is 0.373 e. The number of hydrogen-bond donors (Lipinski definition) is 2. The number of benzene rings is 2. The number of carbonyl (C=O) groups excluding carboxylic acids is 2. The molecule has 0 unspecified atom stereocenters. The number of nitrogens with zero attached hydrogens (tertiary/aromatic N) is 2. The van der Waals surface area contributed by atoms with Crippen LogP contribution in [0.5, 0.6) is 0 Å². The van der Waals surface area contributed by atoms with Gasteiger partial charge in [-0.1, -0.05) is 27.7 Å². The molecule has 2 N–H and O–H groups in total. The first-order chi connectivity index (χ1) is 17.7. The monoisotopic (exact) mass is 540 g/mol. The first-order valence-corrected chi connectivity index (χ1v) is 12.6. The Kier molecular flexibility index (Phi) is 12.1. The summed E-state index contributed by atoms with van der Waals surface area (Å²) in [5.41, 5.74) is 1.60. The Morgan fingerprint density at radius 1 is 0.605 bits per heavy atom. The lowest BCUT2D eigenvalue weighted by Crippen LogP contribution is -2.20. The number of hydrogen-bond acceptors (Lipinski definition) is 4. The fourth-order valence-electron chi connectivity index (χ4n) is 3.98. The smallest absolute Gasteiger partial charge is 0.224 e. The molecule has 2 rings (SSSR count). The maximum atomic E-state index is 14.5. The van der Waals surface area contributed by atoms with Crippen molar-refractivity contribution in [1.82, 2.24) is 0 Å². The third kappa shape index (κ3) is 6.96. The lowest BCUT2D eigenvalue weighted by Gasteiger charge is -2.23. The molecule has 2 aromatic carbocycles. The minimum atomic E-state index is -0.644. The van der Waals surface area contributed by atoms with Gasteiger partial charge in [0.1, 0.15) is 11.4 Å². The summed E-state index contributed by atoms with van der Waals surface area (Å²) in [6, 6.07) is 0. The predicted molar refractivity (Wildman–Crippen MR) is 147 cm³/mol. The van der Waals surface area contributed by atoms with Crippen molar-refractivity contribution < 1.29 is 27.2 Å². The van der Waals surface area contributed by atoms with E-state index in [4.69, 9.17) is 0 Å². The lowest BCUT2D eigenvalue weighted by molar-refractivity contribution is -0.116. The van der Waals surface area contributed by atoms with Crippen molar-refractivity contribution >= 4 is 34.6 Å². The first kappa shape index (κ1) is 32.7. The van der Waals surface area contributed by atoms with E-state index >= 15 is 0 Å². The van der Waals surface area contributed by atoms with E-state index in [0.29, 0.717) is 29.7 Å². The first-order valence-electron chi connectivity index (χ1n) is 12.6. The number of anilines is 4. The van der Waals surface area contributed by atoms with E-state index in [1.54, 1.807) is 55.9 Å². The lowest BCUT2D eigenvalue weighted by atomic mass is 9.99. The highest BCUT2D eigenvalue weighted by Gasteiger charge is 2.25. The molecule has 0 saturated heterocycles. The van der Waals surface area contributed by atoms with Crippen LogP contribution in [-0.4, -0.2) is 40.0 Å². The van der Waals surface area contributed by atoms with Gasteiger partial charge in [-0.3, -0.25) is 9.59 Å². The fraction of sp³-hybridized carbons (Fsp3) is 0.500. The van der Waals surface area contributed by atoms with Crippen LogP contribution in [0.1, 0.15) is 62.8 Å². The molecule has 0 bridgehead atoms. The molecule has 0 saturated carbocycles. The van der Waals surface area contributed by atoms with Crippen LogP contribution in [-0.2, 0) is 22.4 Å². The third-order valence-electron chi connectivity index (χ3n) is 6.15. The van der Waals surface area contributed by atoms with E-state index in [2.05, 4.69) is 10.6 Å². The minimum Gasteiger partial charge on any atom is -0.373 e. The molecule has 0 fully saturated rings. The molecule has 38 heavy (non-hydrogen) atoms. The van der Waals surface area contributed by atoms with Crippen LogP contribution in [0.2, 0.25) is 0 Å². The van der Waals surface area contributed by atoms with Gasteiger partial charge in [0, 0.05) is 63.3 Å². The van der Waals surface area contributed by atoms with E-state index < -0.39 is 23.3 Å². The van der Waals surface area contributed by atoms with Gasteiger partial charge in [-0.2, -0.15) is 0 Å². The van der Waals surface area contributed by atoms with Crippen molar-refractivity contribution in [3.05, 3.63) is 45.5 Å². The Balaban J connectivity index is 0.000000382. The van der Waals surface area contributed by atoms with Gasteiger partial charge in [0.05, 0.1) is 11.4 Å². The van der Waals surface area contributed by atoms with E-state index in [0.717, 1.165) is 0 Å². The number of amides is 2. The van der Waals surface area contributed by atoms with E-state index in [-0.39, 0.29) is 52.8 Å². The number of nitrogens with one attached hydrogen (secondary N) is 2.